The first-order valence-corrected chi connectivity index (χ1v) is 12.0. The number of nitrogens with one attached hydrogen (secondary N) is 2. The Kier molecular flexibility index (Phi) is 8.21. The van der Waals surface area contributed by atoms with Gasteiger partial charge in [-0.3, -0.25) is 9.59 Å². The number of amides is 2. The zero-order valence-electron chi connectivity index (χ0n) is 21.2. The van der Waals surface area contributed by atoms with Gasteiger partial charge in [-0.1, -0.05) is 78.9 Å². The Morgan fingerprint density at radius 2 is 1.41 bits per heavy atom. The second kappa shape index (κ2) is 11.9. The molecule has 4 aromatic carbocycles. The van der Waals surface area contributed by atoms with Crippen LogP contribution >= 0.6 is 0 Å². The Labute approximate surface area is 217 Å². The fourth-order valence-electron chi connectivity index (χ4n) is 4.18. The van der Waals surface area contributed by atoms with E-state index in [0.717, 1.165) is 22.3 Å². The molecule has 2 N–H and O–H groups in total. The Balaban J connectivity index is 1.39. The van der Waals surface area contributed by atoms with E-state index in [4.69, 9.17) is 9.47 Å². The highest BCUT2D eigenvalue weighted by molar-refractivity contribution is 6.01. The average Bonchev–Trinajstić information content (AvgIpc) is 2.96. The number of hydrogen-bond donors (Lipinski definition) is 2. The summed E-state index contributed by atoms with van der Waals surface area (Å²) < 4.78 is 10.6. The quantitative estimate of drug-likeness (QED) is 0.309. The molecule has 0 aliphatic rings. The molecule has 0 aliphatic carbocycles. The van der Waals surface area contributed by atoms with E-state index < -0.39 is 0 Å². The van der Waals surface area contributed by atoms with Gasteiger partial charge in [-0.25, -0.2) is 0 Å². The molecule has 0 saturated heterocycles. The lowest BCUT2D eigenvalue weighted by molar-refractivity contribution is 0.0934. The van der Waals surface area contributed by atoms with Crippen LogP contribution < -0.4 is 20.1 Å². The molecule has 0 fully saturated rings. The van der Waals surface area contributed by atoms with Gasteiger partial charge in [-0.15, -0.1) is 0 Å². The highest BCUT2D eigenvalue weighted by Gasteiger charge is 2.17. The Morgan fingerprint density at radius 1 is 0.730 bits per heavy atom. The largest absolute Gasteiger partial charge is 0.493 e. The maximum atomic E-state index is 13.1. The highest BCUT2D eigenvalue weighted by atomic mass is 16.5. The number of ether oxygens (including phenoxy) is 2. The molecule has 0 bridgehead atoms. The van der Waals surface area contributed by atoms with Gasteiger partial charge in [0.1, 0.15) is 0 Å². The normalized spacial score (nSPS) is 11.3. The summed E-state index contributed by atoms with van der Waals surface area (Å²) in [7, 11) is 3.04. The van der Waals surface area contributed by atoms with Crippen LogP contribution in [0, 0.1) is 0 Å². The van der Waals surface area contributed by atoms with Crippen molar-refractivity contribution in [2.24, 2.45) is 0 Å². The number of carbonyl (C=O) groups excluding carboxylic acids is 2. The highest BCUT2D eigenvalue weighted by Crippen LogP contribution is 2.30. The number of hydrogen-bond acceptors (Lipinski definition) is 4. The topological polar surface area (TPSA) is 76.7 Å². The van der Waals surface area contributed by atoms with Crippen molar-refractivity contribution in [1.82, 2.24) is 10.6 Å². The molecule has 1 atom stereocenters. The minimum absolute atomic E-state index is 0.129. The molecule has 6 heteroatoms. The first-order chi connectivity index (χ1) is 18.0. The van der Waals surface area contributed by atoms with Crippen molar-refractivity contribution in [3.63, 3.8) is 0 Å². The Hall–Kier alpha value is -4.58. The van der Waals surface area contributed by atoms with E-state index in [1.54, 1.807) is 18.2 Å². The van der Waals surface area contributed by atoms with E-state index >= 15 is 0 Å². The molecule has 37 heavy (non-hydrogen) atoms. The van der Waals surface area contributed by atoms with Gasteiger partial charge >= 0.3 is 0 Å². The van der Waals surface area contributed by atoms with Gasteiger partial charge in [-0.2, -0.15) is 0 Å². The van der Waals surface area contributed by atoms with Crippen molar-refractivity contribution < 1.29 is 19.1 Å². The number of rotatable bonds is 9. The van der Waals surface area contributed by atoms with Crippen molar-refractivity contribution in [3.05, 3.63) is 119 Å². The van der Waals surface area contributed by atoms with Gasteiger partial charge in [0.05, 0.1) is 25.8 Å². The molecular weight excluding hydrogens is 464 g/mol. The summed E-state index contributed by atoms with van der Waals surface area (Å²) in [6, 6.07) is 30.3. The first kappa shape index (κ1) is 25.5. The third-order valence-corrected chi connectivity index (χ3v) is 6.18. The molecule has 2 amide bonds. The maximum Gasteiger partial charge on any atom is 0.255 e. The van der Waals surface area contributed by atoms with E-state index in [9.17, 15) is 9.59 Å². The average molecular weight is 495 g/mol. The first-order valence-electron chi connectivity index (χ1n) is 12.0. The lowest BCUT2D eigenvalue weighted by Crippen LogP contribution is -2.27. The second-order valence-electron chi connectivity index (χ2n) is 8.57. The fraction of sp³-hybridized carbons (Fsp3) is 0.161. The van der Waals surface area contributed by atoms with E-state index in [-0.39, 0.29) is 17.9 Å². The summed E-state index contributed by atoms with van der Waals surface area (Å²) in [5.41, 5.74) is 4.84. The predicted molar refractivity (Wildman–Crippen MR) is 145 cm³/mol. The molecule has 0 radical (unpaired) electrons. The lowest BCUT2D eigenvalue weighted by atomic mass is 9.98. The molecule has 0 spiro atoms. The Bertz CT molecular complexity index is 1370. The summed E-state index contributed by atoms with van der Waals surface area (Å²) >= 11 is 0. The van der Waals surface area contributed by atoms with Crippen LogP contribution in [0.1, 0.15) is 44.8 Å². The minimum atomic E-state index is -0.252. The number of para-hydroxylation sites is 1. The molecule has 0 aliphatic heterocycles. The SMILES string of the molecule is COc1cccc(C(=O)NCc2ccc(C(C)NC(=O)c3ccccc3-c3ccccc3)cc2)c1OC. The van der Waals surface area contributed by atoms with Crippen molar-refractivity contribution in [3.8, 4) is 22.6 Å². The standard InChI is InChI=1S/C31H30N2O4/c1-21(33-31(35)26-13-8-7-12-25(26)24-10-5-4-6-11-24)23-18-16-22(17-19-23)20-32-30(34)27-14-9-15-28(36-2)29(27)37-3/h4-19,21H,20H2,1-3H3,(H,32,34)(H,33,35). The van der Waals surface area contributed by atoms with Crippen LogP contribution in [-0.4, -0.2) is 26.0 Å². The molecule has 6 nitrogen and oxygen atoms in total. The molecule has 0 aromatic heterocycles. The van der Waals surface area contributed by atoms with E-state index in [2.05, 4.69) is 10.6 Å². The number of methoxy groups -OCH3 is 2. The molecule has 1 unspecified atom stereocenters. The third-order valence-electron chi connectivity index (χ3n) is 6.18. The summed E-state index contributed by atoms with van der Waals surface area (Å²) in [4.78, 5) is 25.9. The van der Waals surface area contributed by atoms with Gasteiger partial charge in [0.25, 0.3) is 11.8 Å². The number of carbonyl (C=O) groups is 2. The molecular formula is C31H30N2O4. The van der Waals surface area contributed by atoms with Gasteiger partial charge in [-0.05, 0) is 47.4 Å². The predicted octanol–water partition coefficient (Wildman–Crippen LogP) is 5.79. The summed E-state index contributed by atoms with van der Waals surface area (Å²) in [5.74, 6) is 0.520. The van der Waals surface area contributed by atoms with Gasteiger partial charge < -0.3 is 20.1 Å². The number of benzene rings is 4. The minimum Gasteiger partial charge on any atom is -0.493 e. The monoisotopic (exact) mass is 494 g/mol. The molecule has 4 rings (SSSR count). The maximum absolute atomic E-state index is 13.1. The van der Waals surface area contributed by atoms with E-state index in [1.807, 2.05) is 85.8 Å². The van der Waals surface area contributed by atoms with Crippen LogP contribution in [0.15, 0.2) is 97.1 Å². The van der Waals surface area contributed by atoms with Crippen LogP contribution in [0.2, 0.25) is 0 Å². The van der Waals surface area contributed by atoms with Crippen LogP contribution in [0.5, 0.6) is 11.5 Å². The molecule has 4 aromatic rings. The lowest BCUT2D eigenvalue weighted by Gasteiger charge is -2.17. The van der Waals surface area contributed by atoms with Gasteiger partial charge in [0.15, 0.2) is 11.5 Å². The fourth-order valence-corrected chi connectivity index (χ4v) is 4.18. The summed E-state index contributed by atoms with van der Waals surface area (Å²) in [6.07, 6.45) is 0. The van der Waals surface area contributed by atoms with Gasteiger partial charge in [0, 0.05) is 12.1 Å². The van der Waals surface area contributed by atoms with E-state index in [1.165, 1.54) is 14.2 Å². The molecule has 0 heterocycles. The van der Waals surface area contributed by atoms with Crippen molar-refractivity contribution >= 4 is 11.8 Å². The summed E-state index contributed by atoms with van der Waals surface area (Å²) in [6.45, 7) is 2.31. The third kappa shape index (κ3) is 5.98. The zero-order chi connectivity index (χ0) is 26.2. The van der Waals surface area contributed by atoms with Crippen molar-refractivity contribution in [2.75, 3.05) is 14.2 Å². The van der Waals surface area contributed by atoms with Crippen molar-refractivity contribution in [2.45, 2.75) is 19.5 Å². The summed E-state index contributed by atoms with van der Waals surface area (Å²) in [5, 5.41) is 6.02. The zero-order valence-corrected chi connectivity index (χ0v) is 21.2. The second-order valence-corrected chi connectivity index (χ2v) is 8.57. The van der Waals surface area contributed by atoms with Crippen LogP contribution in [0.25, 0.3) is 11.1 Å². The van der Waals surface area contributed by atoms with E-state index in [0.29, 0.717) is 29.2 Å². The van der Waals surface area contributed by atoms with Gasteiger partial charge in [0.2, 0.25) is 0 Å². The smallest absolute Gasteiger partial charge is 0.255 e. The van der Waals surface area contributed by atoms with Crippen LogP contribution in [0.3, 0.4) is 0 Å². The van der Waals surface area contributed by atoms with Crippen LogP contribution in [-0.2, 0) is 6.54 Å². The van der Waals surface area contributed by atoms with Crippen LogP contribution in [0.4, 0.5) is 0 Å². The molecule has 188 valence electrons. The molecule has 0 saturated carbocycles. The Morgan fingerprint density at radius 3 is 2.11 bits per heavy atom. The van der Waals surface area contributed by atoms with Crippen molar-refractivity contribution in [1.29, 1.82) is 0 Å².